The molecule has 1 aromatic carbocycles. The maximum atomic E-state index is 12.6. The third-order valence-electron chi connectivity index (χ3n) is 4.88. The summed E-state index contributed by atoms with van der Waals surface area (Å²) in [5.74, 6) is -0.659. The van der Waals surface area contributed by atoms with Crippen molar-refractivity contribution in [2.75, 3.05) is 32.6 Å². The van der Waals surface area contributed by atoms with E-state index >= 15 is 0 Å². The van der Waals surface area contributed by atoms with Crippen molar-refractivity contribution in [2.24, 2.45) is 0 Å². The predicted molar refractivity (Wildman–Crippen MR) is 123 cm³/mol. The van der Waals surface area contributed by atoms with Crippen LogP contribution in [-0.2, 0) is 16.1 Å². The standard InChI is InChI=1S/C23H26ClN5O3/c1-15-12-16(2)29(26-15)20-11-10-19(24)22(25-20)23(31)32-14-21(30)28(5)13-17-6-8-18(9-7-17)27(3)4/h6-12H,13-14H2,1-5H3. The molecule has 8 nitrogen and oxygen atoms in total. The van der Waals surface area contributed by atoms with Crippen LogP contribution in [0.25, 0.3) is 5.82 Å². The summed E-state index contributed by atoms with van der Waals surface area (Å²) in [6.45, 7) is 3.74. The van der Waals surface area contributed by atoms with Crippen molar-refractivity contribution in [3.63, 3.8) is 0 Å². The lowest BCUT2D eigenvalue weighted by Gasteiger charge is -2.18. The molecule has 168 valence electrons. The Kier molecular flexibility index (Phi) is 7.15. The van der Waals surface area contributed by atoms with Crippen molar-refractivity contribution in [3.05, 3.63) is 70.1 Å². The van der Waals surface area contributed by atoms with Crippen LogP contribution in [0, 0.1) is 13.8 Å². The van der Waals surface area contributed by atoms with Gasteiger partial charge < -0.3 is 14.5 Å². The fourth-order valence-corrected chi connectivity index (χ4v) is 3.30. The van der Waals surface area contributed by atoms with E-state index < -0.39 is 12.6 Å². The van der Waals surface area contributed by atoms with E-state index in [4.69, 9.17) is 16.3 Å². The number of hydrogen-bond acceptors (Lipinski definition) is 6. The van der Waals surface area contributed by atoms with Crippen molar-refractivity contribution in [1.82, 2.24) is 19.7 Å². The molecule has 0 bridgehead atoms. The number of carbonyl (C=O) groups excluding carboxylic acids is 2. The predicted octanol–water partition coefficient (Wildman–Crippen LogP) is 3.42. The Morgan fingerprint density at radius 3 is 2.34 bits per heavy atom. The topological polar surface area (TPSA) is 80.6 Å². The summed E-state index contributed by atoms with van der Waals surface area (Å²) in [5.41, 5.74) is 3.68. The number of aryl methyl sites for hydroxylation is 2. The van der Waals surface area contributed by atoms with Gasteiger partial charge in [-0.15, -0.1) is 0 Å². The number of anilines is 1. The Balaban J connectivity index is 1.62. The van der Waals surface area contributed by atoms with E-state index in [0.29, 0.717) is 12.4 Å². The average molecular weight is 456 g/mol. The number of benzene rings is 1. The molecule has 3 aromatic rings. The van der Waals surface area contributed by atoms with Crippen LogP contribution in [-0.4, -0.2) is 59.3 Å². The van der Waals surface area contributed by atoms with Gasteiger partial charge in [0.1, 0.15) is 0 Å². The molecular weight excluding hydrogens is 430 g/mol. The fraction of sp³-hybridized carbons (Fsp3) is 0.304. The number of pyridine rings is 1. The van der Waals surface area contributed by atoms with E-state index in [1.54, 1.807) is 23.9 Å². The van der Waals surface area contributed by atoms with Crippen molar-refractivity contribution >= 4 is 29.2 Å². The molecule has 0 spiro atoms. The molecule has 32 heavy (non-hydrogen) atoms. The summed E-state index contributed by atoms with van der Waals surface area (Å²) in [6.07, 6.45) is 0. The van der Waals surface area contributed by atoms with Crippen LogP contribution >= 0.6 is 11.6 Å². The lowest BCUT2D eigenvalue weighted by molar-refractivity contribution is -0.133. The first-order valence-electron chi connectivity index (χ1n) is 10.0. The Morgan fingerprint density at radius 2 is 1.75 bits per heavy atom. The smallest absolute Gasteiger partial charge is 0.359 e. The monoisotopic (exact) mass is 455 g/mol. The van der Waals surface area contributed by atoms with E-state index in [9.17, 15) is 9.59 Å². The van der Waals surface area contributed by atoms with Gasteiger partial charge in [0.05, 0.1) is 10.7 Å². The van der Waals surface area contributed by atoms with Gasteiger partial charge in [0, 0.05) is 39.1 Å². The van der Waals surface area contributed by atoms with Crippen LogP contribution in [0.1, 0.15) is 27.4 Å². The summed E-state index contributed by atoms with van der Waals surface area (Å²) >= 11 is 6.15. The third kappa shape index (κ3) is 5.45. The maximum Gasteiger partial charge on any atom is 0.359 e. The molecule has 0 N–H and O–H groups in total. The van der Waals surface area contributed by atoms with Gasteiger partial charge in [-0.1, -0.05) is 23.7 Å². The molecule has 9 heteroatoms. The maximum absolute atomic E-state index is 12.6. The third-order valence-corrected chi connectivity index (χ3v) is 5.18. The van der Waals surface area contributed by atoms with E-state index in [1.165, 1.54) is 4.90 Å². The summed E-state index contributed by atoms with van der Waals surface area (Å²) in [5, 5.41) is 4.50. The molecule has 0 saturated heterocycles. The van der Waals surface area contributed by atoms with E-state index in [1.807, 2.05) is 63.2 Å². The molecule has 0 aliphatic heterocycles. The zero-order chi connectivity index (χ0) is 23.4. The minimum Gasteiger partial charge on any atom is -0.451 e. The van der Waals surface area contributed by atoms with Crippen LogP contribution in [0.5, 0.6) is 0 Å². The Labute approximate surface area is 192 Å². The number of ether oxygens (including phenoxy) is 1. The van der Waals surface area contributed by atoms with Gasteiger partial charge >= 0.3 is 5.97 Å². The summed E-state index contributed by atoms with van der Waals surface area (Å²) < 4.78 is 6.81. The lowest BCUT2D eigenvalue weighted by atomic mass is 10.2. The highest BCUT2D eigenvalue weighted by Gasteiger charge is 2.19. The molecule has 0 radical (unpaired) electrons. The first-order valence-corrected chi connectivity index (χ1v) is 10.4. The molecule has 0 aliphatic rings. The highest BCUT2D eigenvalue weighted by Crippen LogP contribution is 2.19. The first kappa shape index (κ1) is 23.3. The Hall–Kier alpha value is -3.39. The number of nitrogens with zero attached hydrogens (tertiary/aromatic N) is 5. The minimum absolute atomic E-state index is 0.0635. The number of esters is 1. The quantitative estimate of drug-likeness (QED) is 0.508. The number of amides is 1. The number of aromatic nitrogens is 3. The molecule has 0 atom stereocenters. The highest BCUT2D eigenvalue weighted by molar-refractivity contribution is 6.33. The number of halogens is 1. The fourth-order valence-electron chi connectivity index (χ4n) is 3.12. The second-order valence-corrected chi connectivity index (χ2v) is 8.13. The zero-order valence-corrected chi connectivity index (χ0v) is 19.6. The van der Waals surface area contributed by atoms with Crippen LogP contribution in [0.2, 0.25) is 5.02 Å². The SMILES string of the molecule is Cc1cc(C)n(-c2ccc(Cl)c(C(=O)OCC(=O)N(C)Cc3ccc(N(C)C)cc3)n2)n1. The van der Waals surface area contributed by atoms with Gasteiger partial charge in [-0.2, -0.15) is 5.10 Å². The van der Waals surface area contributed by atoms with Crippen LogP contribution in [0.15, 0.2) is 42.5 Å². The molecule has 2 heterocycles. The van der Waals surface area contributed by atoms with Gasteiger partial charge in [0.15, 0.2) is 18.1 Å². The lowest BCUT2D eigenvalue weighted by Crippen LogP contribution is -2.31. The minimum atomic E-state index is -0.768. The highest BCUT2D eigenvalue weighted by atomic mass is 35.5. The van der Waals surface area contributed by atoms with Crippen LogP contribution < -0.4 is 4.90 Å². The molecular formula is C23H26ClN5O3. The van der Waals surface area contributed by atoms with Gasteiger partial charge in [0.2, 0.25) is 0 Å². The Bertz CT molecular complexity index is 1130. The molecule has 1 amide bonds. The van der Waals surface area contributed by atoms with Crippen LogP contribution in [0.3, 0.4) is 0 Å². The summed E-state index contributed by atoms with van der Waals surface area (Å²) in [6, 6.07) is 13.0. The number of hydrogen-bond donors (Lipinski definition) is 0. The second kappa shape index (κ2) is 9.82. The number of likely N-dealkylation sites (N-methyl/N-ethyl adjacent to an activating group) is 1. The molecule has 3 rings (SSSR count). The van der Waals surface area contributed by atoms with E-state index in [-0.39, 0.29) is 16.6 Å². The largest absolute Gasteiger partial charge is 0.451 e. The van der Waals surface area contributed by atoms with Crippen molar-refractivity contribution < 1.29 is 14.3 Å². The molecule has 0 fully saturated rings. The van der Waals surface area contributed by atoms with Crippen molar-refractivity contribution in [2.45, 2.75) is 20.4 Å². The number of carbonyl (C=O) groups is 2. The van der Waals surface area contributed by atoms with Crippen molar-refractivity contribution in [3.8, 4) is 5.82 Å². The molecule has 2 aromatic heterocycles. The molecule has 0 unspecified atom stereocenters. The van der Waals surface area contributed by atoms with Crippen molar-refractivity contribution in [1.29, 1.82) is 0 Å². The zero-order valence-electron chi connectivity index (χ0n) is 18.8. The van der Waals surface area contributed by atoms with Crippen LogP contribution in [0.4, 0.5) is 5.69 Å². The van der Waals surface area contributed by atoms with Gasteiger partial charge in [-0.3, -0.25) is 4.79 Å². The van der Waals surface area contributed by atoms with E-state index in [2.05, 4.69) is 10.1 Å². The van der Waals surface area contributed by atoms with Gasteiger partial charge in [-0.25, -0.2) is 14.5 Å². The van der Waals surface area contributed by atoms with Gasteiger partial charge in [-0.05, 0) is 49.7 Å². The molecule has 0 aliphatic carbocycles. The number of rotatable bonds is 7. The normalized spacial score (nSPS) is 10.7. The average Bonchev–Trinajstić information content (AvgIpc) is 3.10. The van der Waals surface area contributed by atoms with Gasteiger partial charge in [0.25, 0.3) is 5.91 Å². The summed E-state index contributed by atoms with van der Waals surface area (Å²) in [4.78, 5) is 32.8. The molecule has 0 saturated carbocycles. The first-order chi connectivity index (χ1) is 15.2. The second-order valence-electron chi connectivity index (χ2n) is 7.73. The Morgan fingerprint density at radius 1 is 1.06 bits per heavy atom. The van der Waals surface area contributed by atoms with E-state index in [0.717, 1.165) is 22.6 Å². The summed E-state index contributed by atoms with van der Waals surface area (Å²) in [7, 11) is 5.59.